The van der Waals surface area contributed by atoms with Crippen LogP contribution < -0.4 is 5.32 Å². The largest absolute Gasteiger partial charge is 0.356 e. The fraction of sp³-hybridized carbons (Fsp3) is 0.450. The lowest BCUT2D eigenvalue weighted by molar-refractivity contribution is -0.120. The molecule has 2 aromatic carbocycles. The second-order valence-corrected chi connectivity index (χ2v) is 11.2. The molecule has 1 amide bonds. The van der Waals surface area contributed by atoms with E-state index in [-0.39, 0.29) is 12.3 Å². The van der Waals surface area contributed by atoms with Gasteiger partial charge in [0.1, 0.15) is 0 Å². The first-order chi connectivity index (χ1) is 13.8. The molecule has 2 rings (SSSR count). The summed E-state index contributed by atoms with van der Waals surface area (Å²) < 4.78 is 21.5. The van der Waals surface area contributed by atoms with Crippen molar-refractivity contribution in [3.8, 4) is 0 Å². The van der Waals surface area contributed by atoms with Crippen molar-refractivity contribution in [2.75, 3.05) is 6.54 Å². The summed E-state index contributed by atoms with van der Waals surface area (Å²) in [4.78, 5) is 43.0. The van der Waals surface area contributed by atoms with Crippen LogP contribution in [0, 0.1) is 0 Å². The lowest BCUT2D eigenvalue weighted by Crippen LogP contribution is -2.23. The fourth-order valence-electron chi connectivity index (χ4n) is 2.10. The predicted molar refractivity (Wildman–Crippen MR) is 120 cm³/mol. The van der Waals surface area contributed by atoms with Crippen LogP contribution in [-0.2, 0) is 13.9 Å². The Kier molecular flexibility index (Phi) is 12.3. The van der Waals surface area contributed by atoms with Gasteiger partial charge in [0.25, 0.3) is 0 Å². The van der Waals surface area contributed by atoms with Crippen LogP contribution in [0.25, 0.3) is 10.8 Å². The molecular weight excluding hydrogens is 428 g/mol. The molecule has 0 aliphatic carbocycles. The number of carbonyl (C=O) groups excluding carboxylic acids is 1. The third-order valence-electron chi connectivity index (χ3n) is 4.48. The predicted octanol–water partition coefficient (Wildman–Crippen LogP) is 4.23. The zero-order valence-corrected chi connectivity index (χ0v) is 19.6. The van der Waals surface area contributed by atoms with Gasteiger partial charge in [0.15, 0.2) is 4.90 Å². The van der Waals surface area contributed by atoms with Crippen LogP contribution in [0.2, 0.25) is 0 Å². The maximum atomic E-state index is 10.7. The first-order valence-electron chi connectivity index (χ1n) is 9.65. The van der Waals surface area contributed by atoms with E-state index in [0.717, 1.165) is 19.9 Å². The summed E-state index contributed by atoms with van der Waals surface area (Å²) in [6.45, 7) is 6.90. The molecule has 8 nitrogen and oxygen atoms in total. The van der Waals surface area contributed by atoms with Gasteiger partial charge in [-0.15, -0.1) is 0 Å². The Morgan fingerprint density at radius 3 is 1.43 bits per heavy atom. The molecule has 0 radical (unpaired) electrons. The van der Waals surface area contributed by atoms with Crippen molar-refractivity contribution in [1.82, 2.24) is 5.32 Å². The van der Waals surface area contributed by atoms with Gasteiger partial charge >= 0.3 is 15.2 Å². The van der Waals surface area contributed by atoms with E-state index < -0.39 is 20.1 Å². The van der Waals surface area contributed by atoms with Gasteiger partial charge < -0.3 is 24.9 Å². The van der Waals surface area contributed by atoms with Gasteiger partial charge in [0.05, 0.1) is 0 Å². The first kappa shape index (κ1) is 28.5. The summed E-state index contributed by atoms with van der Waals surface area (Å²) in [6, 6.07) is 16.7. The number of rotatable bonds is 6. The summed E-state index contributed by atoms with van der Waals surface area (Å²) in [7, 11) is -9.54. The highest BCUT2D eigenvalue weighted by molar-refractivity contribution is 7.72. The van der Waals surface area contributed by atoms with E-state index in [1.54, 1.807) is 0 Å². The minimum atomic E-state index is -4.77. The van der Waals surface area contributed by atoms with Crippen LogP contribution >= 0.6 is 15.2 Å². The highest BCUT2D eigenvalue weighted by atomic mass is 31.2. The molecule has 2 aromatic rings. The molecule has 0 aromatic heterocycles. The highest BCUT2D eigenvalue weighted by Gasteiger charge is 2.54. The Bertz CT molecular complexity index is 789. The first-order valence-corrected chi connectivity index (χ1v) is 12.9. The Morgan fingerprint density at radius 1 is 0.867 bits per heavy atom. The van der Waals surface area contributed by atoms with Crippen LogP contribution in [0.15, 0.2) is 48.5 Å². The molecule has 0 aliphatic heterocycles. The highest BCUT2D eigenvalue weighted by Crippen LogP contribution is 2.70. The van der Waals surface area contributed by atoms with E-state index in [1.807, 2.05) is 13.8 Å². The van der Waals surface area contributed by atoms with E-state index in [0.29, 0.717) is 6.42 Å². The van der Waals surface area contributed by atoms with Crippen LogP contribution in [0.5, 0.6) is 0 Å². The molecule has 5 N–H and O–H groups in total. The SMILES string of the molecule is CCC(C)(P(=O)(O)O)P(=O)(O)O.CCCNC(=O)CC.c1ccc2ccccc2c1. The quantitative estimate of drug-likeness (QED) is 0.405. The van der Waals surface area contributed by atoms with Gasteiger partial charge in [-0.2, -0.15) is 0 Å². The molecule has 0 heterocycles. The number of fused-ring (bicyclic) bond motifs is 1. The van der Waals surface area contributed by atoms with Gasteiger partial charge in [-0.05, 0) is 30.5 Å². The van der Waals surface area contributed by atoms with Gasteiger partial charge in [-0.25, -0.2) is 0 Å². The Labute approximate surface area is 178 Å². The van der Waals surface area contributed by atoms with E-state index in [4.69, 9.17) is 19.6 Å². The molecule has 0 spiro atoms. The second kappa shape index (κ2) is 13.0. The van der Waals surface area contributed by atoms with Gasteiger partial charge in [0.2, 0.25) is 5.91 Å². The van der Waals surface area contributed by atoms with Crippen molar-refractivity contribution < 1.29 is 33.5 Å². The van der Waals surface area contributed by atoms with Gasteiger partial charge in [-0.1, -0.05) is 69.3 Å². The molecule has 170 valence electrons. The summed E-state index contributed by atoms with van der Waals surface area (Å²) in [5.74, 6) is 0.145. The third-order valence-corrected chi connectivity index (χ3v) is 9.18. The average Bonchev–Trinajstić information content (AvgIpc) is 2.70. The summed E-state index contributed by atoms with van der Waals surface area (Å²) in [5, 5.41) is 5.36. The van der Waals surface area contributed by atoms with Crippen molar-refractivity contribution in [2.45, 2.75) is 51.9 Å². The third kappa shape index (κ3) is 9.09. The number of benzene rings is 2. The maximum Gasteiger partial charge on any atom is 0.343 e. The van der Waals surface area contributed by atoms with Crippen LogP contribution in [0.4, 0.5) is 0 Å². The number of hydrogen-bond acceptors (Lipinski definition) is 3. The normalized spacial score (nSPS) is 11.6. The lowest BCUT2D eigenvalue weighted by atomic mass is 10.1. The number of carbonyl (C=O) groups is 1. The molecule has 10 heteroatoms. The molecule has 0 saturated carbocycles. The molecular formula is C20H33NO7P2. The van der Waals surface area contributed by atoms with Crippen molar-refractivity contribution >= 4 is 31.9 Å². The topological polar surface area (TPSA) is 144 Å². The molecule has 0 atom stereocenters. The monoisotopic (exact) mass is 461 g/mol. The van der Waals surface area contributed by atoms with Gasteiger partial charge in [0, 0.05) is 13.0 Å². The van der Waals surface area contributed by atoms with E-state index in [1.165, 1.54) is 17.7 Å². The number of amides is 1. The molecule has 0 aliphatic rings. The van der Waals surface area contributed by atoms with Crippen molar-refractivity contribution in [3.05, 3.63) is 48.5 Å². The summed E-state index contributed by atoms with van der Waals surface area (Å²) >= 11 is 0. The second-order valence-electron chi connectivity index (χ2n) is 6.71. The molecule has 0 unspecified atom stereocenters. The lowest BCUT2D eigenvalue weighted by Gasteiger charge is -2.29. The number of hydrogen-bond donors (Lipinski definition) is 5. The Balaban J connectivity index is 0.000000429. The van der Waals surface area contributed by atoms with Crippen molar-refractivity contribution in [1.29, 1.82) is 0 Å². The van der Waals surface area contributed by atoms with Crippen LogP contribution in [0.3, 0.4) is 0 Å². The Hall–Kier alpha value is -1.53. The number of nitrogens with one attached hydrogen (secondary N) is 1. The van der Waals surface area contributed by atoms with Gasteiger partial charge in [-0.3, -0.25) is 13.9 Å². The molecule has 0 fully saturated rings. The average molecular weight is 461 g/mol. The molecule has 30 heavy (non-hydrogen) atoms. The van der Waals surface area contributed by atoms with Crippen LogP contribution in [-0.4, -0.2) is 36.9 Å². The van der Waals surface area contributed by atoms with E-state index >= 15 is 0 Å². The zero-order chi connectivity index (χ0) is 23.4. The van der Waals surface area contributed by atoms with E-state index in [9.17, 15) is 13.9 Å². The summed E-state index contributed by atoms with van der Waals surface area (Å²) in [5.41, 5.74) is 0. The molecule has 0 bridgehead atoms. The minimum Gasteiger partial charge on any atom is -0.356 e. The minimum absolute atomic E-state index is 0.145. The smallest absolute Gasteiger partial charge is 0.343 e. The summed E-state index contributed by atoms with van der Waals surface area (Å²) in [6.07, 6.45) is 1.34. The zero-order valence-electron chi connectivity index (χ0n) is 17.9. The fourth-order valence-corrected chi connectivity index (χ4v) is 4.29. The van der Waals surface area contributed by atoms with Crippen LogP contribution in [0.1, 0.15) is 47.0 Å². The van der Waals surface area contributed by atoms with Crippen molar-refractivity contribution in [2.24, 2.45) is 0 Å². The Morgan fingerprint density at radius 2 is 1.23 bits per heavy atom. The molecule has 0 saturated heterocycles. The van der Waals surface area contributed by atoms with E-state index in [2.05, 4.69) is 53.8 Å². The maximum absolute atomic E-state index is 10.7. The van der Waals surface area contributed by atoms with Crippen molar-refractivity contribution in [3.63, 3.8) is 0 Å². The standard InChI is InChI=1S/C10H8.C6H13NO.C4H12O6P2/c1-2-6-10-8-4-3-7-9(10)5-1;1-3-5-7-6(8)4-2;1-3-4(2,11(5,6)7)12(8,9)10/h1-8H;3-5H2,1-2H3,(H,7,8);3H2,1-2H3,(H2,5,6,7)(H2,8,9,10).